The zero-order valence-electron chi connectivity index (χ0n) is 13.3. The molecule has 0 saturated carbocycles. The molecule has 0 unspecified atom stereocenters. The van der Waals surface area contributed by atoms with Crippen LogP contribution in [0.5, 0.6) is 0 Å². The van der Waals surface area contributed by atoms with Gasteiger partial charge in [0.05, 0.1) is 47.6 Å². The van der Waals surface area contributed by atoms with Gasteiger partial charge in [-0.1, -0.05) is 47.5 Å². The maximum atomic E-state index is 12.2. The van der Waals surface area contributed by atoms with Gasteiger partial charge in [-0.2, -0.15) is 0 Å². The number of quaternary nitrogens is 1. The van der Waals surface area contributed by atoms with Crippen molar-refractivity contribution in [2.24, 2.45) is 0 Å². The summed E-state index contributed by atoms with van der Waals surface area (Å²) < 4.78 is 0. The molecule has 3 rings (SSSR count). The minimum Gasteiger partial charge on any atom is -0.359 e. The number of hydrogen-bond donors (Lipinski definition) is 2. The van der Waals surface area contributed by atoms with Gasteiger partial charge in [0, 0.05) is 0 Å². The standard InChI is InChI=1S/C18H19Cl2N3O/c19-14-5-1-3-7-16(14)21-18(24)13-22-9-11-23(12-10-22)17-8-4-2-6-15(17)20/h1-8H,9-13H2,(H,21,24)/p+1. The topological polar surface area (TPSA) is 36.8 Å². The number of para-hydroxylation sites is 2. The fraction of sp³-hybridized carbons (Fsp3) is 0.278. The fourth-order valence-electron chi connectivity index (χ4n) is 2.93. The van der Waals surface area contributed by atoms with Crippen LogP contribution in [0.1, 0.15) is 0 Å². The van der Waals surface area contributed by atoms with Gasteiger partial charge in [0.2, 0.25) is 0 Å². The average Bonchev–Trinajstić information content (AvgIpc) is 2.58. The largest absolute Gasteiger partial charge is 0.359 e. The number of carbonyl (C=O) groups excluding carboxylic acids is 1. The van der Waals surface area contributed by atoms with Crippen molar-refractivity contribution < 1.29 is 9.69 Å². The molecule has 0 spiro atoms. The maximum absolute atomic E-state index is 12.2. The lowest BCUT2D eigenvalue weighted by atomic mass is 10.2. The normalized spacial score (nSPS) is 15.3. The Kier molecular flexibility index (Phi) is 5.61. The Morgan fingerprint density at radius 3 is 2.29 bits per heavy atom. The number of nitrogens with one attached hydrogen (secondary N) is 2. The maximum Gasteiger partial charge on any atom is 0.279 e. The molecule has 0 bridgehead atoms. The van der Waals surface area contributed by atoms with Crippen molar-refractivity contribution in [2.45, 2.75) is 0 Å². The van der Waals surface area contributed by atoms with Crippen molar-refractivity contribution in [3.05, 3.63) is 58.6 Å². The average molecular weight is 365 g/mol. The first-order valence-corrected chi connectivity index (χ1v) is 8.76. The van der Waals surface area contributed by atoms with Crippen LogP contribution in [0.25, 0.3) is 0 Å². The van der Waals surface area contributed by atoms with Gasteiger partial charge in [-0.3, -0.25) is 4.79 Å². The van der Waals surface area contributed by atoms with Crippen molar-refractivity contribution in [3.8, 4) is 0 Å². The third-order valence-electron chi connectivity index (χ3n) is 4.22. The zero-order valence-corrected chi connectivity index (χ0v) is 14.8. The number of rotatable bonds is 4. The highest BCUT2D eigenvalue weighted by Gasteiger charge is 2.23. The monoisotopic (exact) mass is 364 g/mol. The highest BCUT2D eigenvalue weighted by molar-refractivity contribution is 6.33. The van der Waals surface area contributed by atoms with Crippen LogP contribution in [0.15, 0.2) is 48.5 Å². The predicted octanol–water partition coefficient (Wildman–Crippen LogP) is 2.34. The van der Waals surface area contributed by atoms with Crippen LogP contribution in [0, 0.1) is 0 Å². The number of nitrogens with zero attached hydrogens (tertiary/aromatic N) is 1. The van der Waals surface area contributed by atoms with Crippen LogP contribution in [0.3, 0.4) is 0 Å². The molecule has 1 heterocycles. The van der Waals surface area contributed by atoms with E-state index >= 15 is 0 Å². The molecular formula is C18H20Cl2N3O+. The van der Waals surface area contributed by atoms with Crippen molar-refractivity contribution in [2.75, 3.05) is 42.9 Å². The smallest absolute Gasteiger partial charge is 0.279 e. The molecule has 1 saturated heterocycles. The Morgan fingerprint density at radius 1 is 1.00 bits per heavy atom. The van der Waals surface area contributed by atoms with Gasteiger partial charge in [-0.25, -0.2) is 0 Å². The summed E-state index contributed by atoms with van der Waals surface area (Å²) in [5, 5.41) is 4.22. The van der Waals surface area contributed by atoms with Crippen molar-refractivity contribution >= 4 is 40.5 Å². The summed E-state index contributed by atoms with van der Waals surface area (Å²) in [4.78, 5) is 15.8. The summed E-state index contributed by atoms with van der Waals surface area (Å²) in [6.07, 6.45) is 0. The van der Waals surface area contributed by atoms with E-state index in [-0.39, 0.29) is 5.91 Å². The summed E-state index contributed by atoms with van der Waals surface area (Å²) in [7, 11) is 0. The molecule has 1 aliphatic rings. The molecule has 2 N–H and O–H groups in total. The summed E-state index contributed by atoms with van der Waals surface area (Å²) in [5.74, 6) is -0.00991. The molecule has 2 aromatic rings. The molecule has 0 radical (unpaired) electrons. The molecule has 1 fully saturated rings. The van der Waals surface area contributed by atoms with Crippen LogP contribution in [0.4, 0.5) is 11.4 Å². The second-order valence-corrected chi connectivity index (χ2v) is 6.71. The minimum absolute atomic E-state index is 0.00991. The number of hydrogen-bond acceptors (Lipinski definition) is 2. The van der Waals surface area contributed by atoms with Gasteiger partial charge in [0.15, 0.2) is 6.54 Å². The molecule has 0 aliphatic carbocycles. The number of amides is 1. The first-order chi connectivity index (χ1) is 11.6. The molecule has 6 heteroatoms. The van der Waals surface area contributed by atoms with Crippen molar-refractivity contribution in [3.63, 3.8) is 0 Å². The highest BCUT2D eigenvalue weighted by Crippen LogP contribution is 2.24. The third kappa shape index (κ3) is 4.20. The molecule has 0 aromatic heterocycles. The van der Waals surface area contributed by atoms with Gasteiger partial charge in [0.1, 0.15) is 0 Å². The molecule has 1 aliphatic heterocycles. The van der Waals surface area contributed by atoms with Crippen LogP contribution >= 0.6 is 23.2 Å². The highest BCUT2D eigenvalue weighted by atomic mass is 35.5. The lowest BCUT2D eigenvalue weighted by Gasteiger charge is -2.33. The zero-order chi connectivity index (χ0) is 16.9. The first-order valence-electron chi connectivity index (χ1n) is 8.01. The Balaban J connectivity index is 1.51. The van der Waals surface area contributed by atoms with E-state index in [1.165, 1.54) is 4.90 Å². The van der Waals surface area contributed by atoms with Crippen LogP contribution < -0.4 is 15.1 Å². The van der Waals surface area contributed by atoms with Gasteiger partial charge >= 0.3 is 0 Å². The molecule has 4 nitrogen and oxygen atoms in total. The Hall–Kier alpha value is -1.75. The second-order valence-electron chi connectivity index (χ2n) is 5.89. The minimum atomic E-state index is -0.00991. The SMILES string of the molecule is O=C(C[NH+]1CCN(c2ccccc2Cl)CC1)Nc1ccccc1Cl. The lowest BCUT2D eigenvalue weighted by Crippen LogP contribution is -3.15. The summed E-state index contributed by atoms with van der Waals surface area (Å²) in [6.45, 7) is 4.03. The van der Waals surface area contributed by atoms with E-state index < -0.39 is 0 Å². The summed E-state index contributed by atoms with van der Waals surface area (Å²) in [5.41, 5.74) is 1.73. The van der Waals surface area contributed by atoms with Crippen LogP contribution in [0.2, 0.25) is 10.0 Å². The van der Waals surface area contributed by atoms with E-state index in [1.807, 2.05) is 42.5 Å². The fourth-order valence-corrected chi connectivity index (χ4v) is 3.37. The Labute approximate surface area is 152 Å². The van der Waals surface area contributed by atoms with E-state index in [4.69, 9.17) is 23.2 Å². The number of anilines is 2. The van der Waals surface area contributed by atoms with E-state index in [1.54, 1.807) is 6.07 Å². The number of carbonyl (C=O) groups is 1. The summed E-state index contributed by atoms with van der Waals surface area (Å²) >= 11 is 12.3. The lowest BCUT2D eigenvalue weighted by molar-refractivity contribution is -0.892. The van der Waals surface area contributed by atoms with E-state index in [0.717, 1.165) is 36.9 Å². The molecule has 1 amide bonds. The van der Waals surface area contributed by atoms with Gasteiger partial charge < -0.3 is 15.1 Å². The van der Waals surface area contributed by atoms with Gasteiger partial charge in [0.25, 0.3) is 5.91 Å². The van der Waals surface area contributed by atoms with E-state index in [0.29, 0.717) is 17.3 Å². The van der Waals surface area contributed by atoms with Crippen LogP contribution in [-0.4, -0.2) is 38.6 Å². The molecule has 126 valence electrons. The van der Waals surface area contributed by atoms with Crippen molar-refractivity contribution in [1.29, 1.82) is 0 Å². The van der Waals surface area contributed by atoms with E-state index in [2.05, 4.69) is 10.2 Å². The molecule has 0 atom stereocenters. The van der Waals surface area contributed by atoms with Crippen molar-refractivity contribution in [1.82, 2.24) is 0 Å². The third-order valence-corrected chi connectivity index (χ3v) is 4.87. The van der Waals surface area contributed by atoms with Gasteiger partial charge in [-0.05, 0) is 24.3 Å². The predicted molar refractivity (Wildman–Crippen MR) is 99.3 cm³/mol. The molecule has 24 heavy (non-hydrogen) atoms. The Morgan fingerprint density at radius 2 is 1.62 bits per heavy atom. The van der Waals surface area contributed by atoms with Crippen LogP contribution in [-0.2, 0) is 4.79 Å². The molecular weight excluding hydrogens is 345 g/mol. The first kappa shape index (κ1) is 17.1. The number of piperazine rings is 1. The van der Waals surface area contributed by atoms with E-state index in [9.17, 15) is 4.79 Å². The van der Waals surface area contributed by atoms with Gasteiger partial charge in [-0.15, -0.1) is 0 Å². The quantitative estimate of drug-likeness (QED) is 0.873. The molecule has 2 aromatic carbocycles. The summed E-state index contributed by atoms with van der Waals surface area (Å²) in [6, 6.07) is 15.2. The Bertz CT molecular complexity index is 715. The number of halogens is 2. The number of benzene rings is 2. The second kappa shape index (κ2) is 7.88.